The van der Waals surface area contributed by atoms with Crippen molar-refractivity contribution in [1.82, 2.24) is 14.9 Å². The second kappa shape index (κ2) is 9.68. The van der Waals surface area contributed by atoms with E-state index in [4.69, 9.17) is 0 Å². The van der Waals surface area contributed by atoms with Gasteiger partial charge in [-0.05, 0) is 48.7 Å². The molecule has 0 atom stereocenters. The third-order valence-corrected chi connectivity index (χ3v) is 4.75. The maximum Gasteiger partial charge on any atom is 0.255 e. The van der Waals surface area contributed by atoms with Crippen molar-refractivity contribution < 1.29 is 9.59 Å². The molecule has 6 heteroatoms. The zero-order valence-electron chi connectivity index (χ0n) is 16.8. The minimum atomic E-state index is -0.247. The van der Waals surface area contributed by atoms with Crippen LogP contribution in [0.15, 0.2) is 60.9 Å². The van der Waals surface area contributed by atoms with Gasteiger partial charge in [-0.2, -0.15) is 0 Å². The highest BCUT2D eigenvalue weighted by molar-refractivity contribution is 6.06. The molecule has 0 bridgehead atoms. The molecule has 1 heterocycles. The van der Waals surface area contributed by atoms with Crippen LogP contribution in [-0.2, 0) is 20.0 Å². The van der Waals surface area contributed by atoms with Gasteiger partial charge >= 0.3 is 0 Å². The number of anilines is 1. The molecule has 0 radical (unpaired) electrons. The van der Waals surface area contributed by atoms with E-state index in [-0.39, 0.29) is 11.8 Å². The molecule has 2 amide bonds. The van der Waals surface area contributed by atoms with Crippen LogP contribution < -0.4 is 10.6 Å². The minimum Gasteiger partial charge on any atom is -0.345 e. The topological polar surface area (TPSA) is 76.0 Å². The van der Waals surface area contributed by atoms with Gasteiger partial charge in [-0.15, -0.1) is 0 Å². The maximum absolute atomic E-state index is 12.6. The van der Waals surface area contributed by atoms with Crippen LogP contribution in [0.1, 0.15) is 51.9 Å². The van der Waals surface area contributed by atoms with Crippen LogP contribution in [0.5, 0.6) is 0 Å². The van der Waals surface area contributed by atoms with Crippen LogP contribution >= 0.6 is 0 Å². The van der Waals surface area contributed by atoms with E-state index in [9.17, 15) is 9.59 Å². The first-order chi connectivity index (χ1) is 14.1. The van der Waals surface area contributed by atoms with Gasteiger partial charge in [0.25, 0.3) is 11.8 Å². The predicted molar refractivity (Wildman–Crippen MR) is 114 cm³/mol. The number of hydrogen-bond donors (Lipinski definition) is 2. The SMILES string of the molecule is CCCCc1ccc(NC(=O)c2cccc(C(=O)NCc3nccn3C)c2)cc1. The molecule has 0 unspecified atom stereocenters. The normalized spacial score (nSPS) is 10.6. The van der Waals surface area contributed by atoms with Gasteiger partial charge in [0.15, 0.2) is 0 Å². The number of aromatic nitrogens is 2. The number of hydrogen-bond acceptors (Lipinski definition) is 3. The number of aryl methyl sites for hydroxylation is 2. The first kappa shape index (κ1) is 20.3. The number of nitrogens with zero attached hydrogens (tertiary/aromatic N) is 2. The van der Waals surface area contributed by atoms with Crippen LogP contribution in [0.4, 0.5) is 5.69 Å². The number of unbranched alkanes of at least 4 members (excludes halogenated alkanes) is 1. The summed E-state index contributed by atoms with van der Waals surface area (Å²) in [5, 5.41) is 5.71. The number of benzene rings is 2. The van der Waals surface area contributed by atoms with Gasteiger partial charge in [-0.25, -0.2) is 4.98 Å². The first-order valence-corrected chi connectivity index (χ1v) is 9.81. The summed E-state index contributed by atoms with van der Waals surface area (Å²) in [6, 6.07) is 14.6. The molecule has 0 fully saturated rings. The maximum atomic E-state index is 12.6. The zero-order chi connectivity index (χ0) is 20.6. The van der Waals surface area contributed by atoms with Crippen molar-refractivity contribution >= 4 is 17.5 Å². The molecule has 150 valence electrons. The molecule has 1 aromatic heterocycles. The van der Waals surface area contributed by atoms with E-state index in [2.05, 4.69) is 22.5 Å². The average Bonchev–Trinajstić information content (AvgIpc) is 3.16. The highest BCUT2D eigenvalue weighted by Crippen LogP contribution is 2.14. The van der Waals surface area contributed by atoms with Crippen LogP contribution in [0, 0.1) is 0 Å². The van der Waals surface area contributed by atoms with E-state index in [1.165, 1.54) is 5.56 Å². The van der Waals surface area contributed by atoms with Crippen molar-refractivity contribution in [3.8, 4) is 0 Å². The first-order valence-electron chi connectivity index (χ1n) is 9.81. The van der Waals surface area contributed by atoms with Crippen molar-refractivity contribution in [2.75, 3.05) is 5.32 Å². The highest BCUT2D eigenvalue weighted by atomic mass is 16.2. The smallest absolute Gasteiger partial charge is 0.255 e. The molecule has 2 aromatic carbocycles. The molecule has 29 heavy (non-hydrogen) atoms. The van der Waals surface area contributed by atoms with E-state index in [0.29, 0.717) is 17.7 Å². The Hall–Kier alpha value is -3.41. The third kappa shape index (κ3) is 5.54. The Labute approximate surface area is 171 Å². The summed E-state index contributed by atoms with van der Waals surface area (Å²) in [5.41, 5.74) is 2.86. The third-order valence-electron chi connectivity index (χ3n) is 4.75. The van der Waals surface area contributed by atoms with E-state index >= 15 is 0 Å². The Morgan fingerprint density at radius 2 is 1.76 bits per heavy atom. The van der Waals surface area contributed by atoms with Gasteiger partial charge in [0.2, 0.25) is 0 Å². The lowest BCUT2D eigenvalue weighted by molar-refractivity contribution is 0.0949. The molecule has 0 aliphatic rings. The molecule has 2 N–H and O–H groups in total. The fourth-order valence-electron chi connectivity index (χ4n) is 2.97. The number of nitrogens with one attached hydrogen (secondary N) is 2. The molecule has 3 aromatic rings. The number of carbonyl (C=O) groups excluding carboxylic acids is 2. The molecule has 0 spiro atoms. The second-order valence-electron chi connectivity index (χ2n) is 6.97. The molecule has 0 saturated carbocycles. The molecule has 0 aliphatic heterocycles. The summed E-state index contributed by atoms with van der Waals surface area (Å²) in [4.78, 5) is 29.2. The summed E-state index contributed by atoms with van der Waals surface area (Å²) < 4.78 is 1.84. The average molecular weight is 390 g/mol. The standard InChI is InChI=1S/C23H26N4O2/c1-3-4-6-17-9-11-20(12-10-17)26-23(29)19-8-5-7-18(15-19)22(28)25-16-21-24-13-14-27(21)2/h5,7-15H,3-4,6,16H2,1-2H3,(H,25,28)(H,26,29). The Kier molecular flexibility index (Phi) is 6.79. The predicted octanol–water partition coefficient (Wildman–Crippen LogP) is 3.95. The largest absolute Gasteiger partial charge is 0.345 e. The van der Waals surface area contributed by atoms with Crippen LogP contribution in [0.2, 0.25) is 0 Å². The highest BCUT2D eigenvalue weighted by Gasteiger charge is 2.11. The Morgan fingerprint density at radius 1 is 1.03 bits per heavy atom. The zero-order valence-corrected chi connectivity index (χ0v) is 16.8. The lowest BCUT2D eigenvalue weighted by Crippen LogP contribution is -2.24. The van der Waals surface area contributed by atoms with Gasteiger partial charge in [0, 0.05) is 36.3 Å². The van der Waals surface area contributed by atoms with Crippen molar-refractivity contribution in [3.63, 3.8) is 0 Å². The number of amides is 2. The number of imidazole rings is 1. The fourth-order valence-corrected chi connectivity index (χ4v) is 2.97. The van der Waals surface area contributed by atoms with Gasteiger partial charge in [0.05, 0.1) is 6.54 Å². The fraction of sp³-hybridized carbons (Fsp3) is 0.261. The molecule has 0 aliphatic carbocycles. The quantitative estimate of drug-likeness (QED) is 0.612. The lowest BCUT2D eigenvalue weighted by atomic mass is 10.1. The van der Waals surface area contributed by atoms with Crippen LogP contribution in [0.25, 0.3) is 0 Å². The van der Waals surface area contributed by atoms with E-state index in [0.717, 1.165) is 30.8 Å². The van der Waals surface area contributed by atoms with Crippen molar-refractivity contribution in [1.29, 1.82) is 0 Å². The summed E-state index contributed by atoms with van der Waals surface area (Å²) in [5.74, 6) is 0.266. The summed E-state index contributed by atoms with van der Waals surface area (Å²) in [6.45, 7) is 2.49. The Bertz CT molecular complexity index is 977. The van der Waals surface area contributed by atoms with Crippen molar-refractivity contribution in [3.05, 3.63) is 83.4 Å². The van der Waals surface area contributed by atoms with E-state index in [1.54, 1.807) is 30.5 Å². The Morgan fingerprint density at radius 3 is 2.41 bits per heavy atom. The van der Waals surface area contributed by atoms with Crippen LogP contribution in [0.3, 0.4) is 0 Å². The van der Waals surface area contributed by atoms with E-state index < -0.39 is 0 Å². The number of carbonyl (C=O) groups is 2. The summed E-state index contributed by atoms with van der Waals surface area (Å²) >= 11 is 0. The molecular weight excluding hydrogens is 364 g/mol. The monoisotopic (exact) mass is 390 g/mol. The number of rotatable bonds is 8. The van der Waals surface area contributed by atoms with Gasteiger partial charge in [0.1, 0.15) is 5.82 Å². The lowest BCUT2D eigenvalue weighted by Gasteiger charge is -2.09. The minimum absolute atomic E-state index is 0.245. The molecule has 0 saturated heterocycles. The summed E-state index contributed by atoms with van der Waals surface area (Å²) in [7, 11) is 1.87. The Balaban J connectivity index is 1.61. The second-order valence-corrected chi connectivity index (χ2v) is 6.97. The van der Waals surface area contributed by atoms with Gasteiger partial charge < -0.3 is 15.2 Å². The molecular formula is C23H26N4O2. The van der Waals surface area contributed by atoms with Crippen molar-refractivity contribution in [2.24, 2.45) is 7.05 Å². The van der Waals surface area contributed by atoms with E-state index in [1.807, 2.05) is 42.1 Å². The van der Waals surface area contributed by atoms with Crippen LogP contribution in [-0.4, -0.2) is 21.4 Å². The van der Waals surface area contributed by atoms with Gasteiger partial charge in [-0.1, -0.05) is 31.5 Å². The molecule has 3 rings (SSSR count). The molecule has 6 nitrogen and oxygen atoms in total. The van der Waals surface area contributed by atoms with Gasteiger partial charge in [-0.3, -0.25) is 9.59 Å². The summed E-state index contributed by atoms with van der Waals surface area (Å²) in [6.07, 6.45) is 6.86. The van der Waals surface area contributed by atoms with Crippen molar-refractivity contribution in [2.45, 2.75) is 32.7 Å².